The summed E-state index contributed by atoms with van der Waals surface area (Å²) in [5, 5.41) is 2.69. The first kappa shape index (κ1) is 11.8. The number of carbonyl (C=O) groups is 2. The fourth-order valence-corrected chi connectivity index (χ4v) is 1.23. The maximum absolute atomic E-state index is 11.5. The van der Waals surface area contributed by atoms with Gasteiger partial charge in [0, 0.05) is 19.3 Å². The van der Waals surface area contributed by atoms with Crippen LogP contribution in [-0.2, 0) is 0 Å². The lowest BCUT2D eigenvalue weighted by molar-refractivity contribution is 0.0949. The summed E-state index contributed by atoms with van der Waals surface area (Å²) < 4.78 is 0. The Morgan fingerprint density at radius 2 is 2.07 bits per heavy atom. The van der Waals surface area contributed by atoms with Crippen molar-refractivity contribution < 1.29 is 9.59 Å². The van der Waals surface area contributed by atoms with E-state index in [0.29, 0.717) is 23.8 Å². The molecule has 0 fully saturated rings. The van der Waals surface area contributed by atoms with Crippen LogP contribution in [0.15, 0.2) is 12.1 Å². The number of rotatable bonds is 5. The number of aromatic nitrogens is 1. The van der Waals surface area contributed by atoms with Gasteiger partial charge >= 0.3 is 0 Å². The molecule has 0 aliphatic carbocycles. The molecule has 0 unspecified atom stereocenters. The van der Waals surface area contributed by atoms with E-state index in [1.807, 2.05) is 0 Å². The SMILES string of the molecule is CC(=O)c1ccc(C(=O)NCCCCl)[nH]1. The molecule has 1 rings (SSSR count). The van der Waals surface area contributed by atoms with E-state index < -0.39 is 0 Å². The predicted molar refractivity (Wildman–Crippen MR) is 58.5 cm³/mol. The van der Waals surface area contributed by atoms with Crippen molar-refractivity contribution in [2.24, 2.45) is 0 Å². The summed E-state index contributed by atoms with van der Waals surface area (Å²) in [7, 11) is 0. The second-order valence-electron chi connectivity index (χ2n) is 3.14. The smallest absolute Gasteiger partial charge is 0.267 e. The molecule has 1 aromatic heterocycles. The van der Waals surface area contributed by atoms with Crippen LogP contribution >= 0.6 is 11.6 Å². The van der Waals surface area contributed by atoms with Crippen LogP contribution in [0.25, 0.3) is 0 Å². The van der Waals surface area contributed by atoms with Crippen LogP contribution in [0.5, 0.6) is 0 Å². The van der Waals surface area contributed by atoms with E-state index in [4.69, 9.17) is 11.6 Å². The Morgan fingerprint density at radius 3 is 2.60 bits per heavy atom. The highest BCUT2D eigenvalue weighted by Gasteiger charge is 2.09. The minimum absolute atomic E-state index is 0.0881. The van der Waals surface area contributed by atoms with Crippen molar-refractivity contribution in [1.82, 2.24) is 10.3 Å². The van der Waals surface area contributed by atoms with Crippen LogP contribution in [0.4, 0.5) is 0 Å². The van der Waals surface area contributed by atoms with Gasteiger partial charge in [-0.2, -0.15) is 0 Å². The van der Waals surface area contributed by atoms with Crippen LogP contribution in [-0.4, -0.2) is 29.1 Å². The van der Waals surface area contributed by atoms with Gasteiger partial charge in [0.15, 0.2) is 5.78 Å². The Hall–Kier alpha value is -1.29. The summed E-state index contributed by atoms with van der Waals surface area (Å²) >= 11 is 5.47. The molecule has 0 radical (unpaired) electrons. The van der Waals surface area contributed by atoms with E-state index in [2.05, 4.69) is 10.3 Å². The van der Waals surface area contributed by atoms with Gasteiger partial charge in [-0.1, -0.05) is 0 Å². The zero-order valence-electron chi connectivity index (χ0n) is 8.47. The number of nitrogens with one attached hydrogen (secondary N) is 2. The van der Waals surface area contributed by atoms with Gasteiger partial charge in [-0.05, 0) is 18.6 Å². The average Bonchev–Trinajstić information content (AvgIpc) is 2.66. The van der Waals surface area contributed by atoms with Gasteiger partial charge in [0.25, 0.3) is 5.91 Å². The quantitative estimate of drug-likeness (QED) is 0.457. The van der Waals surface area contributed by atoms with Gasteiger partial charge in [-0.15, -0.1) is 11.6 Å². The van der Waals surface area contributed by atoms with Gasteiger partial charge in [-0.3, -0.25) is 9.59 Å². The normalized spacial score (nSPS) is 10.0. The maximum atomic E-state index is 11.5. The maximum Gasteiger partial charge on any atom is 0.267 e. The minimum Gasteiger partial charge on any atom is -0.351 e. The van der Waals surface area contributed by atoms with E-state index >= 15 is 0 Å². The number of aromatic amines is 1. The average molecular weight is 229 g/mol. The van der Waals surface area contributed by atoms with Gasteiger partial charge in [0.05, 0.1) is 5.69 Å². The molecule has 15 heavy (non-hydrogen) atoms. The third-order valence-corrected chi connectivity index (χ3v) is 2.17. The van der Waals surface area contributed by atoms with Crippen molar-refractivity contribution in [3.05, 3.63) is 23.5 Å². The van der Waals surface area contributed by atoms with Crippen LogP contribution in [0.3, 0.4) is 0 Å². The highest BCUT2D eigenvalue weighted by Crippen LogP contribution is 2.02. The number of hydrogen-bond acceptors (Lipinski definition) is 2. The van der Waals surface area contributed by atoms with Crippen LogP contribution in [0.1, 0.15) is 34.3 Å². The van der Waals surface area contributed by atoms with Gasteiger partial charge in [0.1, 0.15) is 5.69 Å². The second kappa shape index (κ2) is 5.56. The Balaban J connectivity index is 2.54. The summed E-state index contributed by atoms with van der Waals surface area (Å²) in [6, 6.07) is 3.19. The van der Waals surface area contributed by atoms with E-state index in [1.54, 1.807) is 12.1 Å². The molecule has 5 heteroatoms. The number of carbonyl (C=O) groups excluding carboxylic acids is 2. The number of alkyl halides is 1. The molecule has 1 amide bonds. The fourth-order valence-electron chi connectivity index (χ4n) is 1.10. The van der Waals surface area contributed by atoms with Crippen LogP contribution < -0.4 is 5.32 Å². The monoisotopic (exact) mass is 228 g/mol. The molecule has 0 spiro atoms. The van der Waals surface area contributed by atoms with Crippen molar-refractivity contribution in [2.45, 2.75) is 13.3 Å². The van der Waals surface area contributed by atoms with Crippen LogP contribution in [0, 0.1) is 0 Å². The van der Waals surface area contributed by atoms with Crippen molar-refractivity contribution >= 4 is 23.3 Å². The van der Waals surface area contributed by atoms with E-state index in [-0.39, 0.29) is 11.7 Å². The van der Waals surface area contributed by atoms with Crippen molar-refractivity contribution in [3.8, 4) is 0 Å². The number of Topliss-reactive ketones (excluding diaryl/α,β-unsaturated/α-hetero) is 1. The van der Waals surface area contributed by atoms with Crippen molar-refractivity contribution in [2.75, 3.05) is 12.4 Å². The summed E-state index contributed by atoms with van der Waals surface area (Å²) in [4.78, 5) is 25.2. The molecule has 1 heterocycles. The lowest BCUT2D eigenvalue weighted by Crippen LogP contribution is -2.25. The topological polar surface area (TPSA) is 62.0 Å². The number of hydrogen-bond donors (Lipinski definition) is 2. The fraction of sp³-hybridized carbons (Fsp3) is 0.400. The zero-order valence-corrected chi connectivity index (χ0v) is 9.23. The second-order valence-corrected chi connectivity index (χ2v) is 3.52. The lowest BCUT2D eigenvalue weighted by atomic mass is 10.3. The highest BCUT2D eigenvalue weighted by molar-refractivity contribution is 6.17. The lowest BCUT2D eigenvalue weighted by Gasteiger charge is -2.01. The summed E-state index contributed by atoms with van der Waals surface area (Å²) in [6.45, 7) is 1.98. The Bertz CT molecular complexity index is 360. The Labute approximate surface area is 93.0 Å². The number of ketones is 1. The molecule has 0 aromatic carbocycles. The first-order chi connectivity index (χ1) is 7.15. The first-order valence-corrected chi connectivity index (χ1v) is 5.22. The standard InChI is InChI=1S/C10H13ClN2O2/c1-7(14)8-3-4-9(13-8)10(15)12-6-2-5-11/h3-4,13H,2,5-6H2,1H3,(H,12,15). The molecule has 4 nitrogen and oxygen atoms in total. The summed E-state index contributed by atoms with van der Waals surface area (Å²) in [6.07, 6.45) is 0.730. The van der Waals surface area contributed by atoms with E-state index in [1.165, 1.54) is 6.92 Å². The largest absolute Gasteiger partial charge is 0.351 e. The molecule has 0 saturated heterocycles. The molecule has 0 aliphatic heterocycles. The Kier molecular flexibility index (Phi) is 4.37. The number of halogens is 1. The molecule has 0 atom stereocenters. The van der Waals surface area contributed by atoms with E-state index in [9.17, 15) is 9.59 Å². The van der Waals surface area contributed by atoms with Crippen molar-refractivity contribution in [1.29, 1.82) is 0 Å². The number of amides is 1. The summed E-state index contributed by atoms with van der Waals surface area (Å²) in [5.41, 5.74) is 0.840. The van der Waals surface area contributed by atoms with Crippen molar-refractivity contribution in [3.63, 3.8) is 0 Å². The zero-order chi connectivity index (χ0) is 11.3. The number of H-pyrrole nitrogens is 1. The van der Waals surface area contributed by atoms with Gasteiger partial charge in [0.2, 0.25) is 0 Å². The molecule has 1 aromatic rings. The van der Waals surface area contributed by atoms with E-state index in [0.717, 1.165) is 6.42 Å². The predicted octanol–water partition coefficient (Wildman–Crippen LogP) is 1.58. The molecular weight excluding hydrogens is 216 g/mol. The third kappa shape index (κ3) is 3.40. The molecule has 0 bridgehead atoms. The minimum atomic E-state index is -0.215. The molecular formula is C10H13ClN2O2. The first-order valence-electron chi connectivity index (χ1n) is 4.69. The highest BCUT2D eigenvalue weighted by atomic mass is 35.5. The third-order valence-electron chi connectivity index (χ3n) is 1.91. The molecule has 0 saturated carbocycles. The van der Waals surface area contributed by atoms with Gasteiger partial charge < -0.3 is 10.3 Å². The molecule has 0 aliphatic rings. The Morgan fingerprint density at radius 1 is 1.40 bits per heavy atom. The van der Waals surface area contributed by atoms with Crippen LogP contribution in [0.2, 0.25) is 0 Å². The molecule has 2 N–H and O–H groups in total. The van der Waals surface area contributed by atoms with Gasteiger partial charge in [-0.25, -0.2) is 0 Å². The molecule has 82 valence electrons. The summed E-state index contributed by atoms with van der Waals surface area (Å²) in [5.74, 6) is 0.214.